The van der Waals surface area contributed by atoms with E-state index in [9.17, 15) is 14.4 Å². The Kier molecular flexibility index (Phi) is 44.3. The summed E-state index contributed by atoms with van der Waals surface area (Å²) in [5.74, 6) is -1.14. The number of hydrogen-bond donors (Lipinski definition) is 0. The van der Waals surface area contributed by atoms with Crippen molar-refractivity contribution in [1.82, 2.24) is 0 Å². The zero-order valence-corrected chi connectivity index (χ0v) is 38.4. The second kappa shape index (κ2) is 48.0. The molecule has 0 fully saturated rings. The molecular weight excluding hydrogens is 757 g/mol. The summed E-state index contributed by atoms with van der Waals surface area (Å²) in [5, 5.41) is 0. The molecule has 0 aliphatic heterocycles. The fourth-order valence-electron chi connectivity index (χ4n) is 5.43. The predicted molar refractivity (Wildman–Crippen MR) is 260 cm³/mol. The third-order valence-electron chi connectivity index (χ3n) is 8.87. The van der Waals surface area contributed by atoms with Crippen LogP contribution < -0.4 is 0 Å². The minimum absolute atomic E-state index is 0.148. The molecule has 6 nitrogen and oxygen atoms in total. The van der Waals surface area contributed by atoms with Crippen molar-refractivity contribution in [3.05, 3.63) is 146 Å². The molecule has 0 aliphatic carbocycles. The smallest absolute Gasteiger partial charge is 0.306 e. The van der Waals surface area contributed by atoms with E-state index < -0.39 is 6.10 Å². The number of hydrogen-bond acceptors (Lipinski definition) is 6. The topological polar surface area (TPSA) is 78.9 Å². The first kappa shape index (κ1) is 56.3. The fourth-order valence-corrected chi connectivity index (χ4v) is 5.43. The molecule has 0 rings (SSSR count). The van der Waals surface area contributed by atoms with Crippen molar-refractivity contribution in [2.75, 3.05) is 13.2 Å². The maximum absolute atomic E-state index is 12.5. The van der Waals surface area contributed by atoms with Gasteiger partial charge in [0.2, 0.25) is 0 Å². The van der Waals surface area contributed by atoms with Crippen molar-refractivity contribution < 1.29 is 28.6 Å². The van der Waals surface area contributed by atoms with Crippen LogP contribution in [0.1, 0.15) is 162 Å². The summed E-state index contributed by atoms with van der Waals surface area (Å²) in [7, 11) is 0. The minimum Gasteiger partial charge on any atom is -0.462 e. The van der Waals surface area contributed by atoms with Gasteiger partial charge in [0.25, 0.3) is 0 Å². The van der Waals surface area contributed by atoms with Gasteiger partial charge in [0.15, 0.2) is 6.10 Å². The Labute approximate surface area is 372 Å². The third-order valence-corrected chi connectivity index (χ3v) is 8.87. The van der Waals surface area contributed by atoms with Crippen molar-refractivity contribution in [3.8, 4) is 0 Å². The summed E-state index contributed by atoms with van der Waals surface area (Å²) >= 11 is 0. The van der Waals surface area contributed by atoms with E-state index in [0.29, 0.717) is 12.8 Å². The highest BCUT2D eigenvalue weighted by atomic mass is 16.6. The van der Waals surface area contributed by atoms with Gasteiger partial charge in [-0.15, -0.1) is 0 Å². The molecule has 0 N–H and O–H groups in total. The highest BCUT2D eigenvalue weighted by Gasteiger charge is 2.19. The van der Waals surface area contributed by atoms with Crippen LogP contribution in [0.15, 0.2) is 146 Å². The monoisotopic (exact) mass is 839 g/mol. The largest absolute Gasteiger partial charge is 0.462 e. The van der Waals surface area contributed by atoms with Crippen molar-refractivity contribution in [1.29, 1.82) is 0 Å². The van der Waals surface area contributed by atoms with Gasteiger partial charge in [0, 0.05) is 19.3 Å². The Hall–Kier alpha value is -4.71. The number of unbranched alkanes of at least 4 members (excludes halogenated alkanes) is 4. The van der Waals surface area contributed by atoms with E-state index in [-0.39, 0.29) is 50.4 Å². The number of carbonyl (C=O) groups excluding carboxylic acids is 3. The molecule has 0 aromatic rings. The molecule has 0 saturated heterocycles. The summed E-state index contributed by atoms with van der Waals surface area (Å²) in [5.41, 5.74) is 0. The first-order valence-electron chi connectivity index (χ1n) is 23.3. The van der Waals surface area contributed by atoms with Crippen LogP contribution in [0.25, 0.3) is 0 Å². The van der Waals surface area contributed by atoms with E-state index in [1.165, 1.54) is 0 Å². The van der Waals surface area contributed by atoms with Crippen molar-refractivity contribution >= 4 is 17.9 Å². The first-order valence-corrected chi connectivity index (χ1v) is 23.3. The Morgan fingerprint density at radius 3 is 0.951 bits per heavy atom. The van der Waals surface area contributed by atoms with Crippen LogP contribution in [0.5, 0.6) is 0 Å². The number of ether oxygens (including phenoxy) is 3. The van der Waals surface area contributed by atoms with Crippen LogP contribution in [0.4, 0.5) is 0 Å². The molecule has 61 heavy (non-hydrogen) atoms. The molecule has 0 radical (unpaired) electrons. The van der Waals surface area contributed by atoms with E-state index in [1.54, 1.807) is 0 Å². The minimum atomic E-state index is -0.840. The summed E-state index contributed by atoms with van der Waals surface area (Å²) in [6, 6.07) is 0. The summed E-state index contributed by atoms with van der Waals surface area (Å²) in [6.07, 6.45) is 68.9. The maximum atomic E-state index is 12.5. The standard InChI is InChI=1S/C55H82O6/c1-4-7-10-13-15-17-19-21-23-25-27-29-31-33-35-37-39-42-44-47-53(56)59-50-52(61-55(58)49-46-41-12-9-6-3)51-60-54(57)48-45-43-40-38-36-34-32-30-28-26-24-22-20-18-16-14-11-8-5-2/h7-8,10-11,15-18,21-24,27-30,33-36,39-40,42-43,52H,4-6,9,12-14,19-20,25-26,31-32,37-38,41,44-51H2,1-3H3/b10-7-,11-8-,17-15-,18-16-,23-21-,24-22-,29-27-,30-28-,35-33-,36-34-,42-39-,43-40-. The predicted octanol–water partition coefficient (Wildman–Crippen LogP) is 15.3. The number of allylic oxidation sites excluding steroid dienone is 24. The first-order chi connectivity index (χ1) is 30.0. The van der Waals surface area contributed by atoms with Crippen LogP contribution >= 0.6 is 0 Å². The highest BCUT2D eigenvalue weighted by Crippen LogP contribution is 2.09. The van der Waals surface area contributed by atoms with Gasteiger partial charge in [-0.05, 0) is 96.3 Å². The van der Waals surface area contributed by atoms with E-state index in [0.717, 1.165) is 109 Å². The molecule has 0 aromatic heterocycles. The third kappa shape index (κ3) is 46.2. The van der Waals surface area contributed by atoms with E-state index in [2.05, 4.69) is 142 Å². The van der Waals surface area contributed by atoms with E-state index in [4.69, 9.17) is 14.2 Å². The van der Waals surface area contributed by atoms with E-state index in [1.807, 2.05) is 24.3 Å². The average Bonchev–Trinajstić information content (AvgIpc) is 3.26. The number of carbonyl (C=O) groups is 3. The molecule has 0 bridgehead atoms. The molecule has 0 unspecified atom stereocenters. The molecule has 0 saturated carbocycles. The zero-order chi connectivity index (χ0) is 44.4. The maximum Gasteiger partial charge on any atom is 0.306 e. The van der Waals surface area contributed by atoms with Gasteiger partial charge in [-0.25, -0.2) is 0 Å². The van der Waals surface area contributed by atoms with Crippen LogP contribution in [0.2, 0.25) is 0 Å². The zero-order valence-electron chi connectivity index (χ0n) is 38.4. The molecule has 6 heteroatoms. The number of rotatable bonds is 39. The lowest BCUT2D eigenvalue weighted by atomic mass is 10.1. The molecule has 0 aromatic carbocycles. The van der Waals surface area contributed by atoms with E-state index >= 15 is 0 Å². The second-order valence-electron chi connectivity index (χ2n) is 14.5. The van der Waals surface area contributed by atoms with Crippen LogP contribution in [-0.2, 0) is 28.6 Å². The van der Waals surface area contributed by atoms with Crippen LogP contribution in [0, 0.1) is 0 Å². The quantitative estimate of drug-likeness (QED) is 0.0265. The van der Waals surface area contributed by atoms with Gasteiger partial charge in [0.1, 0.15) is 13.2 Å². The Morgan fingerprint density at radius 1 is 0.344 bits per heavy atom. The highest BCUT2D eigenvalue weighted by molar-refractivity contribution is 5.71. The van der Waals surface area contributed by atoms with Gasteiger partial charge >= 0.3 is 17.9 Å². The van der Waals surface area contributed by atoms with Crippen molar-refractivity contribution in [2.45, 2.75) is 168 Å². The molecule has 0 amide bonds. The van der Waals surface area contributed by atoms with Gasteiger partial charge < -0.3 is 14.2 Å². The van der Waals surface area contributed by atoms with Crippen LogP contribution in [-0.4, -0.2) is 37.2 Å². The van der Waals surface area contributed by atoms with Gasteiger partial charge in [-0.1, -0.05) is 192 Å². The summed E-state index contributed by atoms with van der Waals surface area (Å²) < 4.78 is 16.5. The van der Waals surface area contributed by atoms with Gasteiger partial charge in [0.05, 0.1) is 0 Å². The molecule has 338 valence electrons. The molecule has 0 heterocycles. The van der Waals surface area contributed by atoms with Crippen molar-refractivity contribution in [3.63, 3.8) is 0 Å². The molecule has 0 atom stereocenters. The Morgan fingerprint density at radius 2 is 0.639 bits per heavy atom. The number of esters is 3. The SMILES string of the molecule is CC/C=C\C/C=C\C/C=C\C/C=C\C/C=C\C/C=C\CCC(=O)OCC(COC(=O)CC/C=C\C/C=C\C/C=C\C/C=C\C/C=C\C/C=C\CC)OC(=O)CCCCCCC. The van der Waals surface area contributed by atoms with Gasteiger partial charge in [-0.2, -0.15) is 0 Å². The van der Waals surface area contributed by atoms with Crippen LogP contribution in [0.3, 0.4) is 0 Å². The lowest BCUT2D eigenvalue weighted by Crippen LogP contribution is -2.30. The molecule has 0 spiro atoms. The molecule has 0 aliphatic rings. The average molecular weight is 839 g/mol. The fraction of sp³-hybridized carbons (Fsp3) is 0.509. The molecular formula is C55H82O6. The lowest BCUT2D eigenvalue weighted by Gasteiger charge is -2.18. The second-order valence-corrected chi connectivity index (χ2v) is 14.5. The Bertz CT molecular complexity index is 1330. The summed E-state index contributed by atoms with van der Waals surface area (Å²) in [4.78, 5) is 37.5. The summed E-state index contributed by atoms with van der Waals surface area (Å²) in [6.45, 7) is 6.14. The lowest BCUT2D eigenvalue weighted by molar-refractivity contribution is -0.166. The van der Waals surface area contributed by atoms with Gasteiger partial charge in [-0.3, -0.25) is 14.4 Å². The normalized spacial score (nSPS) is 13.0. The van der Waals surface area contributed by atoms with Crippen molar-refractivity contribution in [2.24, 2.45) is 0 Å². The Balaban J connectivity index is 4.43.